The van der Waals surface area contributed by atoms with Crippen molar-refractivity contribution >= 4 is 0 Å². The zero-order chi connectivity index (χ0) is 10.5. The molecule has 15 heavy (non-hydrogen) atoms. The maximum Gasteiger partial charge on any atom is 0.213 e. The van der Waals surface area contributed by atoms with Crippen molar-refractivity contribution in [2.75, 3.05) is 0 Å². The van der Waals surface area contributed by atoms with Gasteiger partial charge in [0.05, 0.1) is 0 Å². The van der Waals surface area contributed by atoms with Gasteiger partial charge < -0.3 is 4.74 Å². The number of benzene rings is 1. The fourth-order valence-electron chi connectivity index (χ4n) is 1.13. The van der Waals surface area contributed by atoms with Gasteiger partial charge in [0.25, 0.3) is 0 Å². The highest BCUT2D eigenvalue weighted by molar-refractivity contribution is 5.23. The number of ether oxygens (including phenoxy) is 1. The van der Waals surface area contributed by atoms with Gasteiger partial charge in [0, 0.05) is 12.3 Å². The summed E-state index contributed by atoms with van der Waals surface area (Å²) in [4.78, 5) is 3.97. The van der Waals surface area contributed by atoms with Gasteiger partial charge in [-0.3, -0.25) is 0 Å². The Kier molecular flexibility index (Phi) is 2.93. The number of aromatic nitrogens is 1. The Morgan fingerprint density at radius 1 is 1.13 bits per heavy atom. The largest absolute Gasteiger partial charge is 0.465 e. The van der Waals surface area contributed by atoms with Crippen LogP contribution in [-0.4, -0.2) is 4.98 Å². The van der Waals surface area contributed by atoms with Crippen LogP contribution in [0.4, 0.5) is 4.39 Å². The zero-order valence-corrected chi connectivity index (χ0v) is 7.93. The van der Waals surface area contributed by atoms with Gasteiger partial charge in [0.2, 0.25) is 5.88 Å². The van der Waals surface area contributed by atoms with E-state index < -0.39 is 0 Å². The van der Waals surface area contributed by atoms with Crippen LogP contribution in [0.1, 0.15) is 5.56 Å². The van der Waals surface area contributed by atoms with Crippen LogP contribution < -0.4 is 4.74 Å². The SMILES string of the molecule is Fc1cccc([CH]Oc2ccccn2)c1. The Balaban J connectivity index is 1.99. The maximum atomic E-state index is 12.8. The van der Waals surface area contributed by atoms with Gasteiger partial charge >= 0.3 is 0 Å². The summed E-state index contributed by atoms with van der Waals surface area (Å²) in [6, 6.07) is 11.5. The first-order valence-corrected chi connectivity index (χ1v) is 4.51. The Bertz CT molecular complexity index is 431. The van der Waals surface area contributed by atoms with Gasteiger partial charge in [-0.1, -0.05) is 18.2 Å². The van der Waals surface area contributed by atoms with Crippen LogP contribution in [0.2, 0.25) is 0 Å². The van der Waals surface area contributed by atoms with Crippen LogP contribution in [0.25, 0.3) is 0 Å². The summed E-state index contributed by atoms with van der Waals surface area (Å²) in [7, 11) is 0. The second-order valence-electron chi connectivity index (χ2n) is 2.96. The van der Waals surface area contributed by atoms with Gasteiger partial charge in [-0.15, -0.1) is 0 Å². The molecule has 2 rings (SSSR count). The predicted octanol–water partition coefficient (Wildman–Crippen LogP) is 2.81. The monoisotopic (exact) mass is 202 g/mol. The van der Waals surface area contributed by atoms with E-state index in [1.807, 2.05) is 6.07 Å². The van der Waals surface area contributed by atoms with Crippen LogP contribution >= 0.6 is 0 Å². The minimum absolute atomic E-state index is 0.284. The third-order valence-corrected chi connectivity index (χ3v) is 1.80. The normalized spacial score (nSPS) is 9.93. The van der Waals surface area contributed by atoms with E-state index in [1.54, 1.807) is 30.5 Å². The number of nitrogens with zero attached hydrogens (tertiary/aromatic N) is 1. The van der Waals surface area contributed by atoms with Crippen molar-refractivity contribution in [2.24, 2.45) is 0 Å². The second kappa shape index (κ2) is 4.55. The molecule has 3 heteroatoms. The molecule has 75 valence electrons. The highest BCUT2D eigenvalue weighted by Crippen LogP contribution is 2.10. The standard InChI is InChI=1S/C12H9FNO/c13-11-5-3-4-10(8-11)9-15-12-6-1-2-7-14-12/h1-9H. The molecule has 0 spiro atoms. The van der Waals surface area contributed by atoms with Gasteiger partial charge in [-0.25, -0.2) is 9.37 Å². The van der Waals surface area contributed by atoms with Crippen molar-refractivity contribution < 1.29 is 9.13 Å². The number of hydrogen-bond donors (Lipinski definition) is 0. The first-order chi connectivity index (χ1) is 7.34. The molecule has 0 aliphatic rings. The fourth-order valence-corrected chi connectivity index (χ4v) is 1.13. The molecule has 0 saturated heterocycles. The average Bonchev–Trinajstić information content (AvgIpc) is 2.28. The highest BCUT2D eigenvalue weighted by atomic mass is 19.1. The summed E-state index contributed by atoms with van der Waals surface area (Å²) < 4.78 is 18.0. The molecular weight excluding hydrogens is 193 g/mol. The number of pyridine rings is 1. The third kappa shape index (κ3) is 2.77. The van der Waals surface area contributed by atoms with E-state index in [2.05, 4.69) is 4.98 Å². The van der Waals surface area contributed by atoms with E-state index in [0.29, 0.717) is 11.4 Å². The molecule has 0 aliphatic carbocycles. The average molecular weight is 202 g/mol. The van der Waals surface area contributed by atoms with Crippen molar-refractivity contribution in [3.8, 4) is 5.88 Å². The summed E-state index contributed by atoms with van der Waals surface area (Å²) in [5.74, 6) is 0.204. The van der Waals surface area contributed by atoms with Crippen LogP contribution in [0, 0.1) is 12.4 Å². The van der Waals surface area contributed by atoms with Gasteiger partial charge in [-0.05, 0) is 23.8 Å². The summed E-state index contributed by atoms with van der Waals surface area (Å²) >= 11 is 0. The lowest BCUT2D eigenvalue weighted by molar-refractivity contribution is 0.410. The molecule has 0 amide bonds. The summed E-state index contributed by atoms with van der Waals surface area (Å²) in [6.07, 6.45) is 1.63. The Morgan fingerprint density at radius 2 is 2.07 bits per heavy atom. The lowest BCUT2D eigenvalue weighted by atomic mass is 10.2. The number of hydrogen-bond acceptors (Lipinski definition) is 2. The smallest absolute Gasteiger partial charge is 0.213 e. The lowest BCUT2D eigenvalue weighted by Crippen LogP contribution is -1.94. The molecule has 0 bridgehead atoms. The minimum Gasteiger partial charge on any atom is -0.465 e. The molecule has 0 N–H and O–H groups in total. The van der Waals surface area contributed by atoms with Gasteiger partial charge in [0.1, 0.15) is 5.82 Å². The van der Waals surface area contributed by atoms with E-state index in [9.17, 15) is 4.39 Å². The Morgan fingerprint density at radius 3 is 2.80 bits per heavy atom. The Hall–Kier alpha value is -1.90. The highest BCUT2D eigenvalue weighted by Gasteiger charge is 1.98. The van der Waals surface area contributed by atoms with Gasteiger partial charge in [-0.2, -0.15) is 0 Å². The summed E-state index contributed by atoms with van der Waals surface area (Å²) in [5, 5.41) is 0. The molecule has 1 radical (unpaired) electrons. The third-order valence-electron chi connectivity index (χ3n) is 1.80. The number of halogens is 1. The first kappa shape index (κ1) is 9.65. The first-order valence-electron chi connectivity index (χ1n) is 4.51. The Labute approximate surface area is 87.4 Å². The lowest BCUT2D eigenvalue weighted by Gasteiger charge is -2.03. The van der Waals surface area contributed by atoms with E-state index in [4.69, 9.17) is 4.74 Å². The van der Waals surface area contributed by atoms with E-state index >= 15 is 0 Å². The molecule has 2 aromatic rings. The van der Waals surface area contributed by atoms with Crippen molar-refractivity contribution in [3.63, 3.8) is 0 Å². The van der Waals surface area contributed by atoms with Crippen molar-refractivity contribution in [1.82, 2.24) is 4.98 Å². The molecule has 0 unspecified atom stereocenters. The van der Waals surface area contributed by atoms with E-state index in [-0.39, 0.29) is 5.82 Å². The molecule has 1 aromatic carbocycles. The van der Waals surface area contributed by atoms with E-state index in [1.165, 1.54) is 18.7 Å². The molecule has 0 saturated carbocycles. The zero-order valence-electron chi connectivity index (χ0n) is 7.93. The van der Waals surface area contributed by atoms with Crippen molar-refractivity contribution in [1.29, 1.82) is 0 Å². The molecule has 1 heterocycles. The molecule has 2 nitrogen and oxygen atoms in total. The van der Waals surface area contributed by atoms with Crippen LogP contribution in [0.3, 0.4) is 0 Å². The van der Waals surface area contributed by atoms with Crippen LogP contribution in [-0.2, 0) is 0 Å². The minimum atomic E-state index is -0.284. The molecule has 0 atom stereocenters. The molecule has 0 fully saturated rings. The second-order valence-corrected chi connectivity index (χ2v) is 2.96. The topological polar surface area (TPSA) is 22.1 Å². The summed E-state index contributed by atoms with van der Waals surface area (Å²) in [5.41, 5.74) is 0.667. The van der Waals surface area contributed by atoms with Crippen molar-refractivity contribution in [2.45, 2.75) is 0 Å². The fraction of sp³-hybridized carbons (Fsp3) is 0. The molecule has 1 aromatic heterocycles. The van der Waals surface area contributed by atoms with Gasteiger partial charge in [0.15, 0.2) is 6.61 Å². The molecule has 0 aliphatic heterocycles. The molecular formula is C12H9FNO. The summed E-state index contributed by atoms with van der Waals surface area (Å²) in [6.45, 7) is 1.46. The number of rotatable bonds is 3. The maximum absolute atomic E-state index is 12.8. The van der Waals surface area contributed by atoms with Crippen molar-refractivity contribution in [3.05, 3.63) is 66.6 Å². The van der Waals surface area contributed by atoms with Crippen LogP contribution in [0.5, 0.6) is 5.88 Å². The predicted molar refractivity (Wildman–Crippen MR) is 54.7 cm³/mol. The van der Waals surface area contributed by atoms with E-state index in [0.717, 1.165) is 0 Å². The quantitative estimate of drug-likeness (QED) is 0.763. The van der Waals surface area contributed by atoms with Crippen LogP contribution in [0.15, 0.2) is 48.7 Å².